The van der Waals surface area contributed by atoms with Crippen LogP contribution < -0.4 is 16.4 Å². The number of rotatable bonds is 7. The summed E-state index contributed by atoms with van der Waals surface area (Å²) in [5, 5.41) is 5.52. The normalized spacial score (nSPS) is 11.2. The largest absolute Gasteiger partial charge is 0.368 e. The van der Waals surface area contributed by atoms with Crippen molar-refractivity contribution in [3.63, 3.8) is 0 Å². The Morgan fingerprint density at radius 3 is 2.42 bits per heavy atom. The molecule has 1 rings (SSSR count). The molecule has 0 fully saturated rings. The molecule has 1 aromatic rings. The summed E-state index contributed by atoms with van der Waals surface area (Å²) in [4.78, 5) is 22.9. The van der Waals surface area contributed by atoms with E-state index in [0.29, 0.717) is 19.4 Å². The van der Waals surface area contributed by atoms with E-state index in [0.717, 1.165) is 5.56 Å². The van der Waals surface area contributed by atoms with Crippen molar-refractivity contribution in [1.82, 2.24) is 10.6 Å². The second kappa shape index (κ2) is 9.35. The lowest BCUT2D eigenvalue weighted by molar-refractivity contribution is -0.127. The Labute approximate surface area is 119 Å². The number of halogens is 1. The molecule has 1 atom stereocenters. The van der Waals surface area contributed by atoms with Crippen LogP contribution in [0.4, 0.5) is 0 Å². The highest BCUT2D eigenvalue weighted by atomic mass is 35.5. The van der Waals surface area contributed by atoms with Gasteiger partial charge in [0.25, 0.3) is 0 Å². The topological polar surface area (TPSA) is 84.2 Å². The lowest BCUT2D eigenvalue weighted by Crippen LogP contribution is -2.46. The van der Waals surface area contributed by atoms with Gasteiger partial charge in [0.05, 0.1) is 0 Å². The number of nitrogens with one attached hydrogen (secondary N) is 2. The second-order valence-electron chi connectivity index (χ2n) is 4.07. The molecule has 6 heteroatoms. The molecule has 0 aliphatic carbocycles. The van der Waals surface area contributed by atoms with E-state index in [4.69, 9.17) is 5.73 Å². The van der Waals surface area contributed by atoms with Crippen LogP contribution in [-0.2, 0) is 16.0 Å². The molecular formula is C13H20ClN3O2. The highest BCUT2D eigenvalue weighted by Crippen LogP contribution is 2.03. The van der Waals surface area contributed by atoms with Crippen molar-refractivity contribution in [3.8, 4) is 0 Å². The molecule has 0 bridgehead atoms. The number of hydrogen-bond acceptors (Lipinski definition) is 3. The number of hydrogen-bond donors (Lipinski definition) is 3. The van der Waals surface area contributed by atoms with Gasteiger partial charge in [0.2, 0.25) is 11.8 Å². The first-order chi connectivity index (χ1) is 8.63. The lowest BCUT2D eigenvalue weighted by Gasteiger charge is -2.15. The van der Waals surface area contributed by atoms with E-state index in [1.807, 2.05) is 30.3 Å². The third-order valence-electron chi connectivity index (χ3n) is 2.56. The van der Waals surface area contributed by atoms with Crippen molar-refractivity contribution >= 4 is 24.2 Å². The molecule has 106 valence electrons. The van der Waals surface area contributed by atoms with Crippen molar-refractivity contribution < 1.29 is 9.59 Å². The number of benzene rings is 1. The monoisotopic (exact) mass is 285 g/mol. The SMILES string of the molecule is CNCCC(=O)NC(Cc1ccccc1)C(N)=O.Cl. The summed E-state index contributed by atoms with van der Waals surface area (Å²) >= 11 is 0. The van der Waals surface area contributed by atoms with Crippen molar-refractivity contribution in [3.05, 3.63) is 35.9 Å². The van der Waals surface area contributed by atoms with Crippen LogP contribution in [0.5, 0.6) is 0 Å². The van der Waals surface area contributed by atoms with Crippen LogP contribution in [0.1, 0.15) is 12.0 Å². The fraction of sp³-hybridized carbons (Fsp3) is 0.385. The molecule has 0 saturated carbocycles. The molecule has 0 heterocycles. The second-order valence-corrected chi connectivity index (χ2v) is 4.07. The van der Waals surface area contributed by atoms with Gasteiger partial charge < -0.3 is 16.4 Å². The first kappa shape index (κ1) is 17.4. The van der Waals surface area contributed by atoms with Gasteiger partial charge >= 0.3 is 0 Å². The van der Waals surface area contributed by atoms with Crippen molar-refractivity contribution in [1.29, 1.82) is 0 Å². The fourth-order valence-electron chi connectivity index (χ4n) is 1.58. The van der Waals surface area contributed by atoms with Crippen LogP contribution in [0, 0.1) is 0 Å². The number of primary amides is 1. The molecule has 0 saturated heterocycles. The zero-order chi connectivity index (χ0) is 13.4. The van der Waals surface area contributed by atoms with E-state index in [1.54, 1.807) is 7.05 Å². The van der Waals surface area contributed by atoms with Gasteiger partial charge in [-0.3, -0.25) is 9.59 Å². The number of carbonyl (C=O) groups excluding carboxylic acids is 2. The third-order valence-corrected chi connectivity index (χ3v) is 2.56. The van der Waals surface area contributed by atoms with Gasteiger partial charge in [0, 0.05) is 19.4 Å². The lowest BCUT2D eigenvalue weighted by atomic mass is 10.1. The quantitative estimate of drug-likeness (QED) is 0.670. The van der Waals surface area contributed by atoms with E-state index < -0.39 is 11.9 Å². The Morgan fingerprint density at radius 2 is 1.89 bits per heavy atom. The molecule has 0 aliphatic heterocycles. The Kier molecular flexibility index (Phi) is 8.57. The standard InChI is InChI=1S/C13H19N3O2.ClH/c1-15-8-7-12(17)16-11(13(14)18)9-10-5-3-2-4-6-10;/h2-6,11,15H,7-9H2,1H3,(H2,14,18)(H,16,17);1H. The van der Waals surface area contributed by atoms with E-state index >= 15 is 0 Å². The van der Waals surface area contributed by atoms with E-state index in [2.05, 4.69) is 10.6 Å². The number of nitrogens with two attached hydrogens (primary N) is 1. The molecule has 0 aliphatic rings. The molecule has 5 nitrogen and oxygen atoms in total. The van der Waals surface area contributed by atoms with Crippen LogP contribution in [0.2, 0.25) is 0 Å². The summed E-state index contributed by atoms with van der Waals surface area (Å²) in [7, 11) is 1.77. The summed E-state index contributed by atoms with van der Waals surface area (Å²) in [6, 6.07) is 8.81. The first-order valence-corrected chi connectivity index (χ1v) is 5.90. The smallest absolute Gasteiger partial charge is 0.240 e. The van der Waals surface area contributed by atoms with Gasteiger partial charge in [-0.25, -0.2) is 0 Å². The highest BCUT2D eigenvalue weighted by molar-refractivity contribution is 5.86. The van der Waals surface area contributed by atoms with E-state index in [9.17, 15) is 9.59 Å². The van der Waals surface area contributed by atoms with Gasteiger partial charge in [-0.15, -0.1) is 12.4 Å². The Hall–Kier alpha value is -1.59. The zero-order valence-corrected chi connectivity index (χ0v) is 11.7. The fourth-order valence-corrected chi connectivity index (χ4v) is 1.58. The first-order valence-electron chi connectivity index (χ1n) is 5.90. The van der Waals surface area contributed by atoms with Crippen LogP contribution >= 0.6 is 12.4 Å². The maximum Gasteiger partial charge on any atom is 0.240 e. The molecule has 2 amide bonds. The molecule has 19 heavy (non-hydrogen) atoms. The van der Waals surface area contributed by atoms with Gasteiger partial charge in [-0.05, 0) is 12.6 Å². The summed E-state index contributed by atoms with van der Waals surface area (Å²) in [5.41, 5.74) is 6.26. The van der Waals surface area contributed by atoms with Crippen molar-refractivity contribution in [2.45, 2.75) is 18.9 Å². The minimum Gasteiger partial charge on any atom is -0.368 e. The van der Waals surface area contributed by atoms with Gasteiger partial charge in [0.1, 0.15) is 6.04 Å². The summed E-state index contributed by atoms with van der Waals surface area (Å²) in [6.45, 7) is 0.572. The molecular weight excluding hydrogens is 266 g/mol. The average molecular weight is 286 g/mol. The Balaban J connectivity index is 0.00000324. The predicted octanol–water partition coefficient (Wildman–Crippen LogP) is 0.231. The summed E-state index contributed by atoms with van der Waals surface area (Å²) in [6.07, 6.45) is 0.747. The van der Waals surface area contributed by atoms with E-state index in [-0.39, 0.29) is 18.3 Å². The molecule has 1 aromatic carbocycles. The number of amides is 2. The molecule has 0 radical (unpaired) electrons. The molecule has 0 aromatic heterocycles. The maximum absolute atomic E-state index is 11.5. The van der Waals surface area contributed by atoms with E-state index in [1.165, 1.54) is 0 Å². The predicted molar refractivity (Wildman–Crippen MR) is 77.1 cm³/mol. The summed E-state index contributed by atoms with van der Waals surface area (Å²) in [5.74, 6) is -0.694. The number of carbonyl (C=O) groups is 2. The molecule has 0 spiro atoms. The van der Waals surface area contributed by atoms with Crippen LogP contribution in [-0.4, -0.2) is 31.4 Å². The minimum atomic E-state index is -0.656. The van der Waals surface area contributed by atoms with Gasteiger partial charge in [0.15, 0.2) is 0 Å². The van der Waals surface area contributed by atoms with Gasteiger partial charge in [-0.1, -0.05) is 30.3 Å². The van der Waals surface area contributed by atoms with Crippen molar-refractivity contribution in [2.75, 3.05) is 13.6 Å². The minimum absolute atomic E-state index is 0. The Bertz CT molecular complexity index is 398. The maximum atomic E-state index is 11.5. The van der Waals surface area contributed by atoms with Crippen LogP contribution in [0.3, 0.4) is 0 Å². The highest BCUT2D eigenvalue weighted by Gasteiger charge is 2.17. The van der Waals surface area contributed by atoms with Crippen LogP contribution in [0.25, 0.3) is 0 Å². The summed E-state index contributed by atoms with van der Waals surface area (Å²) < 4.78 is 0. The molecule has 1 unspecified atom stereocenters. The van der Waals surface area contributed by atoms with Crippen molar-refractivity contribution in [2.24, 2.45) is 5.73 Å². The Morgan fingerprint density at radius 1 is 1.26 bits per heavy atom. The average Bonchev–Trinajstić information content (AvgIpc) is 2.36. The van der Waals surface area contributed by atoms with Gasteiger partial charge in [-0.2, -0.15) is 0 Å². The molecule has 4 N–H and O–H groups in total. The van der Waals surface area contributed by atoms with Crippen LogP contribution in [0.15, 0.2) is 30.3 Å². The zero-order valence-electron chi connectivity index (χ0n) is 10.9. The third kappa shape index (κ3) is 6.79.